The van der Waals surface area contributed by atoms with E-state index >= 15 is 0 Å². The quantitative estimate of drug-likeness (QED) is 0.217. The number of nitrogens with zero attached hydrogens (tertiary/aromatic N) is 3. The summed E-state index contributed by atoms with van der Waals surface area (Å²) in [4.78, 5) is 22.2. The lowest BCUT2D eigenvalue weighted by Crippen LogP contribution is -2.51. The molecule has 0 bridgehead atoms. The molecule has 2 aromatic carbocycles. The molecule has 9 nitrogen and oxygen atoms in total. The number of alkyl halides is 1. The fraction of sp³-hybridized carbons (Fsp3) is 0.486. The highest BCUT2D eigenvalue weighted by Crippen LogP contribution is 2.25. The third-order valence-electron chi connectivity index (χ3n) is 9.14. The van der Waals surface area contributed by atoms with E-state index in [-0.39, 0.29) is 35.9 Å². The molecule has 1 aromatic heterocycles. The van der Waals surface area contributed by atoms with Crippen molar-refractivity contribution in [3.63, 3.8) is 0 Å². The summed E-state index contributed by atoms with van der Waals surface area (Å²) in [5.41, 5.74) is 8.87. The normalized spacial score (nSPS) is 17.8. The number of hydrogen-bond acceptors (Lipinski definition) is 7. The predicted molar refractivity (Wildman–Crippen MR) is 181 cm³/mol. The van der Waals surface area contributed by atoms with Crippen molar-refractivity contribution in [1.29, 1.82) is 0 Å². The first-order valence-electron chi connectivity index (χ1n) is 16.5. The summed E-state index contributed by atoms with van der Waals surface area (Å²) in [5.74, 6) is -0.0522. The molecule has 46 heavy (non-hydrogen) atoms. The molecule has 0 saturated carbocycles. The lowest BCUT2D eigenvalue weighted by atomic mass is 9.93. The molecule has 2 aliphatic heterocycles. The number of sulfonamides is 1. The fourth-order valence-electron chi connectivity index (χ4n) is 6.58. The van der Waals surface area contributed by atoms with Gasteiger partial charge < -0.3 is 20.9 Å². The van der Waals surface area contributed by atoms with Gasteiger partial charge in [0, 0.05) is 43.8 Å². The van der Waals surface area contributed by atoms with Crippen molar-refractivity contribution in [2.45, 2.75) is 68.3 Å². The van der Waals surface area contributed by atoms with Gasteiger partial charge in [0.2, 0.25) is 15.9 Å². The van der Waals surface area contributed by atoms with Gasteiger partial charge in [0.25, 0.3) is 0 Å². The molecule has 0 radical (unpaired) electrons. The van der Waals surface area contributed by atoms with Gasteiger partial charge in [-0.1, -0.05) is 48.9 Å². The molecule has 4 N–H and O–H groups in total. The Morgan fingerprint density at radius 2 is 1.63 bits per heavy atom. The van der Waals surface area contributed by atoms with Crippen molar-refractivity contribution in [3.05, 3.63) is 84.2 Å². The molecule has 3 heterocycles. The summed E-state index contributed by atoms with van der Waals surface area (Å²) >= 11 is 0. The SMILES string of the molecule is Nc1ccc(C[C@H](NS(=O)(=O)c2cnccc2N[C@@H](Cc2ccccc2)CN2CCCCC2)C(=O)N2CCC(CCF)CC2)cc1. The maximum atomic E-state index is 14.1. The Labute approximate surface area is 272 Å². The van der Waals surface area contributed by atoms with Gasteiger partial charge in [-0.2, -0.15) is 4.72 Å². The number of hydrogen-bond donors (Lipinski definition) is 3. The average Bonchev–Trinajstić information content (AvgIpc) is 3.07. The molecule has 0 spiro atoms. The Kier molecular flexibility index (Phi) is 12.0. The van der Waals surface area contributed by atoms with Crippen LogP contribution < -0.4 is 15.8 Å². The van der Waals surface area contributed by atoms with E-state index in [1.165, 1.54) is 12.6 Å². The van der Waals surface area contributed by atoms with Crippen LogP contribution in [-0.4, -0.2) is 80.6 Å². The number of nitrogens with one attached hydrogen (secondary N) is 2. The Bertz CT molecular complexity index is 1490. The first kappa shape index (κ1) is 33.8. The van der Waals surface area contributed by atoms with Gasteiger partial charge in [-0.15, -0.1) is 0 Å². The molecule has 1 amide bonds. The highest BCUT2D eigenvalue weighted by Gasteiger charge is 2.33. The highest BCUT2D eigenvalue weighted by atomic mass is 32.2. The number of nitrogens with two attached hydrogens (primary N) is 1. The number of anilines is 2. The van der Waals surface area contributed by atoms with Gasteiger partial charge in [-0.05, 0) is 93.3 Å². The number of amides is 1. The van der Waals surface area contributed by atoms with E-state index in [1.54, 1.807) is 29.3 Å². The number of rotatable bonds is 14. The van der Waals surface area contributed by atoms with Crippen molar-refractivity contribution in [1.82, 2.24) is 19.5 Å². The van der Waals surface area contributed by atoms with E-state index in [4.69, 9.17) is 5.73 Å². The summed E-state index contributed by atoms with van der Waals surface area (Å²) in [5, 5.41) is 3.55. The van der Waals surface area contributed by atoms with Crippen LogP contribution in [0.3, 0.4) is 0 Å². The molecule has 5 rings (SSSR count). The summed E-state index contributed by atoms with van der Waals surface area (Å²) in [6, 6.07) is 17.9. The zero-order valence-corrected chi connectivity index (χ0v) is 27.3. The molecule has 0 unspecified atom stereocenters. The second-order valence-electron chi connectivity index (χ2n) is 12.6. The van der Waals surface area contributed by atoms with Crippen molar-refractivity contribution < 1.29 is 17.6 Å². The maximum absolute atomic E-state index is 14.1. The lowest BCUT2D eigenvalue weighted by Gasteiger charge is -2.34. The largest absolute Gasteiger partial charge is 0.399 e. The van der Waals surface area contributed by atoms with Crippen LogP contribution in [0.4, 0.5) is 15.8 Å². The van der Waals surface area contributed by atoms with Crippen LogP contribution in [0.15, 0.2) is 78.0 Å². The minimum Gasteiger partial charge on any atom is -0.399 e. The molecule has 0 aliphatic carbocycles. The van der Waals surface area contributed by atoms with E-state index in [1.807, 2.05) is 30.3 Å². The first-order valence-corrected chi connectivity index (χ1v) is 18.0. The van der Waals surface area contributed by atoms with Crippen molar-refractivity contribution in [2.24, 2.45) is 5.92 Å². The van der Waals surface area contributed by atoms with Crippen LogP contribution in [0.25, 0.3) is 0 Å². The summed E-state index contributed by atoms with van der Waals surface area (Å²) in [6.45, 7) is 3.40. The van der Waals surface area contributed by atoms with Crippen molar-refractivity contribution in [3.8, 4) is 0 Å². The van der Waals surface area contributed by atoms with Crippen LogP contribution in [0.2, 0.25) is 0 Å². The van der Waals surface area contributed by atoms with Gasteiger partial charge in [0.05, 0.1) is 12.4 Å². The van der Waals surface area contributed by atoms with Crippen LogP contribution in [0.5, 0.6) is 0 Å². The van der Waals surface area contributed by atoms with Crippen LogP contribution in [0, 0.1) is 5.92 Å². The highest BCUT2D eigenvalue weighted by molar-refractivity contribution is 7.89. The zero-order valence-electron chi connectivity index (χ0n) is 26.5. The molecule has 2 aliphatic rings. The van der Waals surface area contributed by atoms with Crippen molar-refractivity contribution >= 4 is 27.3 Å². The third-order valence-corrected chi connectivity index (χ3v) is 10.6. The smallest absolute Gasteiger partial charge is 0.244 e. The Morgan fingerprint density at radius 3 is 2.33 bits per heavy atom. The fourth-order valence-corrected chi connectivity index (χ4v) is 7.88. The standard InChI is InChI=1S/C35H47FN6O3S/c36-17-13-27-15-21-42(22-16-27)35(43)33(24-29-9-11-30(37)12-10-29)40-46(44,45)34-25-38-18-14-32(34)39-31(23-28-7-3-1-4-8-28)26-41-19-5-2-6-20-41/h1,3-4,7-12,14,18,25,27,31,33,40H,2,5-6,13,15-17,19-24,26,37H2,(H,38,39)/t31-,33-/m0/s1. The second kappa shape index (κ2) is 16.3. The first-order chi connectivity index (χ1) is 22.3. The summed E-state index contributed by atoms with van der Waals surface area (Å²) in [7, 11) is -4.18. The topological polar surface area (TPSA) is 121 Å². The van der Waals surface area contributed by atoms with Gasteiger partial charge in [0.1, 0.15) is 10.9 Å². The number of likely N-dealkylation sites (tertiary alicyclic amines) is 2. The maximum Gasteiger partial charge on any atom is 0.244 e. The number of carbonyl (C=O) groups excluding carboxylic acids is 1. The summed E-state index contributed by atoms with van der Waals surface area (Å²) < 4.78 is 43.9. The second-order valence-corrected chi connectivity index (χ2v) is 14.3. The van der Waals surface area contributed by atoms with E-state index in [2.05, 4.69) is 32.1 Å². The van der Waals surface area contributed by atoms with Gasteiger partial charge in [0.15, 0.2) is 0 Å². The number of pyridine rings is 1. The molecule has 2 atom stereocenters. The molecular weight excluding hydrogens is 603 g/mol. The van der Waals surface area contributed by atoms with Gasteiger partial charge in [-0.25, -0.2) is 8.42 Å². The van der Waals surface area contributed by atoms with Gasteiger partial charge in [-0.3, -0.25) is 14.2 Å². The Hall–Kier alpha value is -3.54. The minimum atomic E-state index is -4.18. The summed E-state index contributed by atoms with van der Waals surface area (Å²) in [6.07, 6.45) is 9.27. The number of benzene rings is 2. The van der Waals surface area contributed by atoms with E-state index in [0.29, 0.717) is 43.7 Å². The molecular formula is C35H47FN6O3S. The third kappa shape index (κ3) is 9.49. The Morgan fingerprint density at radius 1 is 0.935 bits per heavy atom. The van der Waals surface area contributed by atoms with Crippen molar-refractivity contribution in [2.75, 3.05) is 50.4 Å². The number of halogens is 1. The average molecular weight is 651 g/mol. The molecule has 2 saturated heterocycles. The predicted octanol–water partition coefficient (Wildman–Crippen LogP) is 4.66. The number of piperidine rings is 2. The molecule has 248 valence electrons. The number of aromatic nitrogens is 1. The zero-order chi connectivity index (χ0) is 32.4. The number of nitrogen functional groups attached to an aromatic ring is 1. The molecule has 11 heteroatoms. The monoisotopic (exact) mass is 650 g/mol. The molecule has 2 fully saturated rings. The number of carbonyl (C=O) groups is 1. The van der Waals surface area contributed by atoms with Gasteiger partial charge >= 0.3 is 0 Å². The van der Waals surface area contributed by atoms with E-state index < -0.39 is 16.1 Å². The van der Waals surface area contributed by atoms with E-state index in [9.17, 15) is 17.6 Å². The lowest BCUT2D eigenvalue weighted by molar-refractivity contribution is -0.134. The minimum absolute atomic E-state index is 0.00321. The Balaban J connectivity index is 1.38. The molecule has 3 aromatic rings. The van der Waals surface area contributed by atoms with Crippen LogP contribution >= 0.6 is 0 Å². The van der Waals surface area contributed by atoms with E-state index in [0.717, 1.165) is 50.0 Å². The van der Waals surface area contributed by atoms with Crippen LogP contribution in [0.1, 0.15) is 49.7 Å². The van der Waals surface area contributed by atoms with Crippen LogP contribution in [-0.2, 0) is 27.7 Å².